The van der Waals surface area contributed by atoms with Crippen molar-refractivity contribution in [2.24, 2.45) is 5.10 Å². The van der Waals surface area contributed by atoms with E-state index in [9.17, 15) is 5.11 Å². The number of aliphatic hydroxyl groups is 1. The van der Waals surface area contributed by atoms with Gasteiger partial charge < -0.3 is 19.5 Å². The molecule has 2 aliphatic rings. The van der Waals surface area contributed by atoms with Crippen LogP contribution in [0.25, 0.3) is 10.9 Å². The van der Waals surface area contributed by atoms with E-state index in [1.807, 2.05) is 12.1 Å². The number of fused-ring (bicyclic) bond motifs is 1. The molecule has 2 aliphatic heterocycles. The molecule has 1 aromatic heterocycles. The van der Waals surface area contributed by atoms with Crippen molar-refractivity contribution in [1.29, 1.82) is 0 Å². The Labute approximate surface area is 157 Å². The summed E-state index contributed by atoms with van der Waals surface area (Å²) in [6.07, 6.45) is 2.55. The summed E-state index contributed by atoms with van der Waals surface area (Å²) in [6.45, 7) is 3.30. The van der Waals surface area contributed by atoms with E-state index in [-0.39, 0.29) is 0 Å². The van der Waals surface area contributed by atoms with E-state index in [4.69, 9.17) is 9.47 Å². The van der Waals surface area contributed by atoms with E-state index in [0.717, 1.165) is 47.6 Å². The molecule has 0 radical (unpaired) electrons. The maximum Gasteiger partial charge on any atom is 0.162 e. The highest BCUT2D eigenvalue weighted by molar-refractivity contribution is 5.93. The minimum atomic E-state index is -0.557. The zero-order valence-corrected chi connectivity index (χ0v) is 15.7. The van der Waals surface area contributed by atoms with Gasteiger partial charge in [-0.1, -0.05) is 0 Å². The first-order chi connectivity index (χ1) is 13.1. The number of hydrogen-bond donors (Lipinski definition) is 2. The maximum atomic E-state index is 9.85. The van der Waals surface area contributed by atoms with Crippen molar-refractivity contribution in [3.8, 4) is 11.5 Å². The van der Waals surface area contributed by atoms with E-state index in [1.165, 1.54) is 5.57 Å². The average Bonchev–Trinajstić information content (AvgIpc) is 2.71. The summed E-state index contributed by atoms with van der Waals surface area (Å²) in [4.78, 5) is 11.2. The zero-order chi connectivity index (χ0) is 19.0. The third kappa shape index (κ3) is 3.16. The van der Waals surface area contributed by atoms with Crippen LogP contribution in [-0.4, -0.2) is 54.2 Å². The summed E-state index contributed by atoms with van der Waals surface area (Å²) in [5.74, 6) is 2.17. The van der Waals surface area contributed by atoms with Crippen molar-refractivity contribution in [2.45, 2.75) is 25.9 Å². The summed E-state index contributed by atoms with van der Waals surface area (Å²) < 4.78 is 10.8. The van der Waals surface area contributed by atoms with Gasteiger partial charge in [-0.3, -0.25) is 5.43 Å². The lowest BCUT2D eigenvalue weighted by Gasteiger charge is -2.34. The standard InChI is InChI=1S/C19H23N5O3/c1-11(25)15-6-12-9-24(5-4-14(12)22-23-15)19-13-7-17(26-2)18(27-3)8-16(13)20-10-21-19/h7-8,10-11,22,25H,4-6,9H2,1-3H3. The number of anilines is 1. The Morgan fingerprint density at radius 1 is 1.19 bits per heavy atom. The molecule has 1 aromatic carbocycles. The third-order valence-electron chi connectivity index (χ3n) is 5.07. The van der Waals surface area contributed by atoms with Crippen LogP contribution in [0.3, 0.4) is 0 Å². The Balaban J connectivity index is 1.68. The molecule has 27 heavy (non-hydrogen) atoms. The van der Waals surface area contributed by atoms with Gasteiger partial charge in [0.05, 0.1) is 31.6 Å². The molecule has 1 unspecified atom stereocenters. The maximum absolute atomic E-state index is 9.85. The number of nitrogens with one attached hydrogen (secondary N) is 1. The SMILES string of the molecule is COc1cc2ncnc(N3CCC4=C(CC(C(C)O)=NN4)C3)c2cc1OC. The molecule has 8 nitrogen and oxygen atoms in total. The lowest BCUT2D eigenvalue weighted by molar-refractivity contribution is 0.258. The minimum Gasteiger partial charge on any atom is -0.493 e. The van der Waals surface area contributed by atoms with Gasteiger partial charge in [0.15, 0.2) is 11.5 Å². The molecule has 4 rings (SSSR count). The van der Waals surface area contributed by atoms with E-state index in [0.29, 0.717) is 17.9 Å². The fraction of sp³-hybridized carbons (Fsp3) is 0.421. The molecule has 0 amide bonds. The summed E-state index contributed by atoms with van der Waals surface area (Å²) in [5.41, 5.74) is 7.06. The average molecular weight is 369 g/mol. The summed E-state index contributed by atoms with van der Waals surface area (Å²) in [7, 11) is 3.23. The monoisotopic (exact) mass is 369 g/mol. The normalized spacial score (nSPS) is 17.9. The van der Waals surface area contributed by atoms with E-state index < -0.39 is 6.10 Å². The van der Waals surface area contributed by atoms with Gasteiger partial charge in [-0.2, -0.15) is 5.10 Å². The number of hydrazone groups is 1. The largest absolute Gasteiger partial charge is 0.493 e. The molecule has 0 saturated heterocycles. The second kappa shape index (κ2) is 7.03. The first kappa shape index (κ1) is 17.5. The van der Waals surface area contributed by atoms with Crippen LogP contribution in [0.2, 0.25) is 0 Å². The highest BCUT2D eigenvalue weighted by atomic mass is 16.5. The van der Waals surface area contributed by atoms with Crippen LogP contribution < -0.4 is 19.8 Å². The molecule has 8 heteroatoms. The Hall–Kier alpha value is -2.87. The van der Waals surface area contributed by atoms with Gasteiger partial charge in [-0.15, -0.1) is 0 Å². The van der Waals surface area contributed by atoms with E-state index in [1.54, 1.807) is 27.5 Å². The molecule has 0 aliphatic carbocycles. The molecule has 0 bridgehead atoms. The number of aliphatic hydroxyl groups excluding tert-OH is 1. The molecule has 0 fully saturated rings. The molecule has 3 heterocycles. The van der Waals surface area contributed by atoms with Crippen molar-refractivity contribution in [3.05, 3.63) is 29.7 Å². The molecule has 2 aromatic rings. The lowest BCUT2D eigenvalue weighted by Crippen LogP contribution is -2.39. The van der Waals surface area contributed by atoms with Gasteiger partial charge in [0.2, 0.25) is 0 Å². The predicted octanol–water partition coefficient (Wildman–Crippen LogP) is 1.84. The van der Waals surface area contributed by atoms with Crippen molar-refractivity contribution in [1.82, 2.24) is 15.4 Å². The number of benzene rings is 1. The quantitative estimate of drug-likeness (QED) is 0.849. The minimum absolute atomic E-state index is 0.557. The lowest BCUT2D eigenvalue weighted by atomic mass is 9.97. The van der Waals surface area contributed by atoms with Crippen LogP contribution in [0, 0.1) is 0 Å². The molecule has 0 spiro atoms. The van der Waals surface area contributed by atoms with Gasteiger partial charge in [0.25, 0.3) is 0 Å². The fourth-order valence-electron chi connectivity index (χ4n) is 3.57. The second-order valence-corrected chi connectivity index (χ2v) is 6.74. The molecular weight excluding hydrogens is 346 g/mol. The molecule has 1 atom stereocenters. The van der Waals surface area contributed by atoms with E-state index >= 15 is 0 Å². The zero-order valence-electron chi connectivity index (χ0n) is 15.7. The molecular formula is C19H23N5O3. The molecule has 142 valence electrons. The van der Waals surface area contributed by atoms with Crippen LogP contribution in [0.1, 0.15) is 19.8 Å². The van der Waals surface area contributed by atoms with Crippen LogP contribution in [-0.2, 0) is 0 Å². The van der Waals surface area contributed by atoms with Crippen molar-refractivity contribution >= 4 is 22.4 Å². The molecule has 0 saturated carbocycles. The van der Waals surface area contributed by atoms with Gasteiger partial charge in [-0.05, 0) is 18.6 Å². The van der Waals surface area contributed by atoms with Gasteiger partial charge >= 0.3 is 0 Å². The van der Waals surface area contributed by atoms with Gasteiger partial charge in [0, 0.05) is 43.1 Å². The number of ether oxygens (including phenoxy) is 2. The highest BCUT2D eigenvalue weighted by Crippen LogP contribution is 2.36. The van der Waals surface area contributed by atoms with Crippen LogP contribution >= 0.6 is 0 Å². The summed E-state index contributed by atoms with van der Waals surface area (Å²) in [5, 5.41) is 15.1. The van der Waals surface area contributed by atoms with Crippen LogP contribution in [0.15, 0.2) is 34.8 Å². The van der Waals surface area contributed by atoms with Crippen molar-refractivity contribution < 1.29 is 14.6 Å². The Bertz CT molecular complexity index is 938. The third-order valence-corrected chi connectivity index (χ3v) is 5.07. The van der Waals surface area contributed by atoms with Crippen LogP contribution in [0.4, 0.5) is 5.82 Å². The number of rotatable bonds is 4. The second-order valence-electron chi connectivity index (χ2n) is 6.74. The fourth-order valence-corrected chi connectivity index (χ4v) is 3.57. The van der Waals surface area contributed by atoms with E-state index in [2.05, 4.69) is 25.4 Å². The molecule has 2 N–H and O–H groups in total. The summed E-state index contributed by atoms with van der Waals surface area (Å²) >= 11 is 0. The van der Waals surface area contributed by atoms with Crippen molar-refractivity contribution in [2.75, 3.05) is 32.2 Å². The Morgan fingerprint density at radius 2 is 1.96 bits per heavy atom. The number of methoxy groups -OCH3 is 2. The smallest absolute Gasteiger partial charge is 0.162 e. The number of aromatic nitrogens is 2. The number of hydrogen-bond acceptors (Lipinski definition) is 8. The van der Waals surface area contributed by atoms with Crippen LogP contribution in [0.5, 0.6) is 11.5 Å². The van der Waals surface area contributed by atoms with Gasteiger partial charge in [0.1, 0.15) is 12.1 Å². The Kier molecular flexibility index (Phi) is 4.57. The number of nitrogens with zero attached hydrogens (tertiary/aromatic N) is 4. The first-order valence-corrected chi connectivity index (χ1v) is 8.93. The highest BCUT2D eigenvalue weighted by Gasteiger charge is 2.26. The van der Waals surface area contributed by atoms with Crippen molar-refractivity contribution in [3.63, 3.8) is 0 Å². The Morgan fingerprint density at radius 3 is 2.70 bits per heavy atom. The summed E-state index contributed by atoms with van der Waals surface area (Å²) in [6, 6.07) is 3.80. The predicted molar refractivity (Wildman–Crippen MR) is 103 cm³/mol. The van der Waals surface area contributed by atoms with Gasteiger partial charge in [-0.25, -0.2) is 9.97 Å². The topological polar surface area (TPSA) is 92.1 Å². The first-order valence-electron chi connectivity index (χ1n) is 8.93.